The Labute approximate surface area is 95.2 Å². The van der Waals surface area contributed by atoms with Gasteiger partial charge in [-0.2, -0.15) is 0 Å². The zero-order valence-corrected chi connectivity index (χ0v) is 9.32. The van der Waals surface area contributed by atoms with E-state index in [-0.39, 0.29) is 5.82 Å². The van der Waals surface area contributed by atoms with Crippen molar-refractivity contribution in [3.05, 3.63) is 29.6 Å². The smallest absolute Gasteiger partial charge is 0.123 e. The molecule has 1 saturated heterocycles. The third-order valence-corrected chi connectivity index (χ3v) is 4.05. The summed E-state index contributed by atoms with van der Waals surface area (Å²) in [4.78, 5) is 2.43. The first kappa shape index (κ1) is 10.1. The highest BCUT2D eigenvalue weighted by Gasteiger charge is 2.36. The van der Waals surface area contributed by atoms with Crippen LogP contribution in [0.4, 0.5) is 10.1 Å². The van der Waals surface area contributed by atoms with Crippen molar-refractivity contribution in [2.75, 3.05) is 18.0 Å². The molecule has 3 heteroatoms. The van der Waals surface area contributed by atoms with E-state index in [0.717, 1.165) is 31.5 Å². The van der Waals surface area contributed by atoms with Crippen LogP contribution in [0.2, 0.25) is 0 Å². The lowest BCUT2D eigenvalue weighted by Gasteiger charge is -2.35. The van der Waals surface area contributed by atoms with Gasteiger partial charge in [0.15, 0.2) is 0 Å². The van der Waals surface area contributed by atoms with Gasteiger partial charge in [0.25, 0.3) is 0 Å². The van der Waals surface area contributed by atoms with E-state index >= 15 is 0 Å². The van der Waals surface area contributed by atoms with Crippen molar-refractivity contribution >= 4 is 5.69 Å². The molecule has 0 radical (unpaired) electrons. The summed E-state index contributed by atoms with van der Waals surface area (Å²) in [6.07, 6.45) is 3.29. The van der Waals surface area contributed by atoms with Crippen LogP contribution < -0.4 is 10.6 Å². The summed E-state index contributed by atoms with van der Waals surface area (Å²) in [6.45, 7) is 1.85. The second kappa shape index (κ2) is 3.74. The Bertz CT molecular complexity index is 405. The molecule has 2 aliphatic heterocycles. The van der Waals surface area contributed by atoms with E-state index in [9.17, 15) is 4.39 Å². The molecule has 1 aromatic rings. The van der Waals surface area contributed by atoms with E-state index in [2.05, 4.69) is 4.90 Å². The first-order valence-electron chi connectivity index (χ1n) is 6.04. The summed E-state index contributed by atoms with van der Waals surface area (Å²) in [6, 6.07) is 5.76. The van der Waals surface area contributed by atoms with Gasteiger partial charge in [0.1, 0.15) is 5.82 Å². The van der Waals surface area contributed by atoms with Crippen LogP contribution in [0.3, 0.4) is 0 Å². The zero-order chi connectivity index (χ0) is 11.1. The molecule has 3 rings (SSSR count). The third-order valence-electron chi connectivity index (χ3n) is 4.05. The number of nitrogens with zero attached hydrogens (tertiary/aromatic N) is 1. The molecule has 86 valence electrons. The predicted molar refractivity (Wildman–Crippen MR) is 63.0 cm³/mol. The maximum absolute atomic E-state index is 13.1. The Morgan fingerprint density at radius 3 is 3.06 bits per heavy atom. The van der Waals surface area contributed by atoms with Crippen molar-refractivity contribution in [1.82, 2.24) is 0 Å². The van der Waals surface area contributed by atoms with Gasteiger partial charge in [0, 0.05) is 18.3 Å². The molecule has 1 fully saturated rings. The van der Waals surface area contributed by atoms with Gasteiger partial charge in [-0.15, -0.1) is 0 Å². The van der Waals surface area contributed by atoms with Gasteiger partial charge >= 0.3 is 0 Å². The number of hydrogen-bond donors (Lipinski definition) is 1. The number of aryl methyl sites for hydroxylation is 1. The molecule has 2 unspecified atom stereocenters. The normalized spacial score (nSPS) is 27.8. The highest BCUT2D eigenvalue weighted by atomic mass is 19.1. The van der Waals surface area contributed by atoms with Crippen LogP contribution in [0.15, 0.2) is 18.2 Å². The fourth-order valence-electron chi connectivity index (χ4n) is 3.22. The second-order valence-electron chi connectivity index (χ2n) is 4.86. The number of nitrogens with two attached hydrogens (primary N) is 1. The largest absolute Gasteiger partial charge is 0.368 e. The Hall–Kier alpha value is -1.09. The lowest BCUT2D eigenvalue weighted by Crippen LogP contribution is -2.39. The highest BCUT2D eigenvalue weighted by molar-refractivity contribution is 5.57. The summed E-state index contributed by atoms with van der Waals surface area (Å²) in [7, 11) is 0. The van der Waals surface area contributed by atoms with Gasteiger partial charge in [0.05, 0.1) is 0 Å². The molecule has 2 atom stereocenters. The van der Waals surface area contributed by atoms with Crippen LogP contribution in [0.25, 0.3) is 0 Å². The van der Waals surface area contributed by atoms with E-state index in [4.69, 9.17) is 5.73 Å². The van der Waals surface area contributed by atoms with E-state index < -0.39 is 0 Å². The van der Waals surface area contributed by atoms with Crippen LogP contribution in [0, 0.1) is 11.7 Å². The van der Waals surface area contributed by atoms with E-state index in [1.54, 1.807) is 12.1 Å². The first-order valence-corrected chi connectivity index (χ1v) is 6.04. The summed E-state index contributed by atoms with van der Waals surface area (Å²) < 4.78 is 13.1. The highest BCUT2D eigenvalue weighted by Crippen LogP contribution is 2.38. The van der Waals surface area contributed by atoms with Crippen molar-refractivity contribution < 1.29 is 4.39 Å². The number of rotatable bonds is 1. The summed E-state index contributed by atoms with van der Waals surface area (Å²) in [5, 5.41) is 0. The molecule has 0 amide bonds. The third kappa shape index (κ3) is 1.42. The minimum Gasteiger partial charge on any atom is -0.368 e. The van der Waals surface area contributed by atoms with Crippen molar-refractivity contribution in [3.63, 3.8) is 0 Å². The molecule has 0 spiro atoms. The molecule has 1 aromatic carbocycles. The molecule has 2 N–H and O–H groups in total. The van der Waals surface area contributed by atoms with Gasteiger partial charge in [-0.05, 0) is 55.5 Å². The van der Waals surface area contributed by atoms with Crippen LogP contribution >= 0.6 is 0 Å². The topological polar surface area (TPSA) is 29.3 Å². The van der Waals surface area contributed by atoms with Crippen LogP contribution in [0.5, 0.6) is 0 Å². The maximum Gasteiger partial charge on any atom is 0.123 e. The van der Waals surface area contributed by atoms with Crippen LogP contribution in [0.1, 0.15) is 18.4 Å². The molecule has 2 aliphatic rings. The fourth-order valence-corrected chi connectivity index (χ4v) is 3.22. The van der Waals surface area contributed by atoms with E-state index in [0.29, 0.717) is 12.0 Å². The molecule has 2 nitrogen and oxygen atoms in total. The molecular weight excluding hydrogens is 203 g/mol. The Morgan fingerprint density at radius 2 is 2.25 bits per heavy atom. The Kier molecular flexibility index (Phi) is 2.36. The SMILES string of the molecule is NCC1CCN2c3ccc(F)cc3CCC12. The minimum absolute atomic E-state index is 0.119. The van der Waals surface area contributed by atoms with Gasteiger partial charge < -0.3 is 10.6 Å². The number of fused-ring (bicyclic) bond motifs is 3. The predicted octanol–water partition coefficient (Wildman–Crippen LogP) is 1.93. The van der Waals surface area contributed by atoms with E-state index in [1.165, 1.54) is 12.1 Å². The van der Waals surface area contributed by atoms with Crippen molar-refractivity contribution in [2.24, 2.45) is 11.7 Å². The zero-order valence-electron chi connectivity index (χ0n) is 9.32. The maximum atomic E-state index is 13.1. The number of hydrogen-bond acceptors (Lipinski definition) is 2. The van der Waals surface area contributed by atoms with Crippen molar-refractivity contribution in [1.29, 1.82) is 0 Å². The second-order valence-corrected chi connectivity index (χ2v) is 4.86. The van der Waals surface area contributed by atoms with Gasteiger partial charge in [-0.1, -0.05) is 0 Å². The molecule has 0 aliphatic carbocycles. The van der Waals surface area contributed by atoms with Crippen molar-refractivity contribution in [2.45, 2.75) is 25.3 Å². The molecule has 2 heterocycles. The lowest BCUT2D eigenvalue weighted by molar-refractivity contribution is 0.445. The molecular formula is C13H17FN2. The van der Waals surface area contributed by atoms with Crippen molar-refractivity contribution in [3.8, 4) is 0 Å². The van der Waals surface area contributed by atoms with Gasteiger partial charge in [-0.3, -0.25) is 0 Å². The lowest BCUT2D eigenvalue weighted by atomic mass is 9.90. The molecule has 16 heavy (non-hydrogen) atoms. The quantitative estimate of drug-likeness (QED) is 0.783. The molecule has 0 aromatic heterocycles. The number of anilines is 1. The molecule has 0 bridgehead atoms. The average Bonchev–Trinajstić information content (AvgIpc) is 2.71. The monoisotopic (exact) mass is 220 g/mol. The molecule has 0 saturated carbocycles. The summed E-state index contributed by atoms with van der Waals surface area (Å²) in [5.74, 6) is 0.505. The van der Waals surface area contributed by atoms with Crippen LogP contribution in [-0.2, 0) is 6.42 Å². The Balaban J connectivity index is 1.96. The number of benzene rings is 1. The average molecular weight is 220 g/mol. The first-order chi connectivity index (χ1) is 7.79. The Morgan fingerprint density at radius 1 is 1.38 bits per heavy atom. The van der Waals surface area contributed by atoms with Gasteiger partial charge in [-0.25, -0.2) is 4.39 Å². The standard InChI is InChI=1S/C13H17FN2/c14-11-2-4-12-9(7-11)1-3-13-10(8-15)5-6-16(12)13/h2,4,7,10,13H,1,3,5-6,8,15H2. The fraction of sp³-hybridized carbons (Fsp3) is 0.538. The van der Waals surface area contributed by atoms with Gasteiger partial charge in [0.2, 0.25) is 0 Å². The van der Waals surface area contributed by atoms with Crippen LogP contribution in [-0.4, -0.2) is 19.1 Å². The summed E-state index contributed by atoms with van der Waals surface area (Å²) in [5.41, 5.74) is 8.19. The minimum atomic E-state index is -0.119. The van der Waals surface area contributed by atoms with E-state index in [1.807, 2.05) is 6.07 Å². The summed E-state index contributed by atoms with van der Waals surface area (Å²) >= 11 is 0. The number of halogens is 1.